The maximum absolute atomic E-state index is 5.92. The molecule has 1 aliphatic carbocycles. The molecule has 2 heterocycles. The van der Waals surface area contributed by atoms with Crippen molar-refractivity contribution < 1.29 is 4.42 Å². The zero-order valence-corrected chi connectivity index (χ0v) is 16.2. The second-order valence-electron chi connectivity index (χ2n) is 6.86. The third-order valence-electron chi connectivity index (χ3n) is 4.71. The largest absolute Gasteiger partial charge is 0.419 e. The van der Waals surface area contributed by atoms with Crippen molar-refractivity contribution in [1.29, 1.82) is 0 Å². The van der Waals surface area contributed by atoms with Gasteiger partial charge in [-0.1, -0.05) is 48.2 Å². The Morgan fingerprint density at radius 1 is 0.929 bits per heavy atom. The number of para-hydroxylation sites is 1. The summed E-state index contributed by atoms with van der Waals surface area (Å²) in [5.41, 5.74) is 2.00. The molecule has 0 bridgehead atoms. The number of benzene rings is 2. The minimum absolute atomic E-state index is 0.0383. The molecule has 1 fully saturated rings. The van der Waals surface area contributed by atoms with Gasteiger partial charge in [-0.2, -0.15) is 0 Å². The van der Waals surface area contributed by atoms with Gasteiger partial charge >= 0.3 is 0 Å². The molecule has 5 rings (SSSR count). The van der Waals surface area contributed by atoms with Crippen molar-refractivity contribution in [2.75, 3.05) is 0 Å². The van der Waals surface area contributed by atoms with Gasteiger partial charge in [0.1, 0.15) is 5.82 Å². The smallest absolute Gasteiger partial charge is 0.247 e. The Kier molecular flexibility index (Phi) is 4.44. The zero-order chi connectivity index (χ0) is 18.9. The average molecular weight is 389 g/mol. The van der Waals surface area contributed by atoms with Crippen molar-refractivity contribution >= 4 is 11.8 Å². The second kappa shape index (κ2) is 7.24. The highest BCUT2D eigenvalue weighted by atomic mass is 32.2. The molecule has 1 unspecified atom stereocenters. The fourth-order valence-corrected chi connectivity index (χ4v) is 3.99. The summed E-state index contributed by atoms with van der Waals surface area (Å²) < 4.78 is 8.08. The van der Waals surface area contributed by atoms with Gasteiger partial charge < -0.3 is 4.42 Å². The van der Waals surface area contributed by atoms with Crippen molar-refractivity contribution in [3.63, 3.8) is 0 Å². The first kappa shape index (κ1) is 17.2. The molecule has 7 heteroatoms. The molecule has 1 aliphatic rings. The fourth-order valence-electron chi connectivity index (χ4n) is 3.09. The van der Waals surface area contributed by atoms with Crippen molar-refractivity contribution in [2.45, 2.75) is 36.1 Å². The van der Waals surface area contributed by atoms with Gasteiger partial charge in [0.2, 0.25) is 11.8 Å². The van der Waals surface area contributed by atoms with E-state index in [4.69, 9.17) is 4.42 Å². The van der Waals surface area contributed by atoms with Crippen LogP contribution in [0.3, 0.4) is 0 Å². The number of thioether (sulfide) groups is 1. The van der Waals surface area contributed by atoms with E-state index in [1.54, 1.807) is 11.8 Å². The SMILES string of the molecule is CC(Sc1nnc(C2CC2)n1-c1ccccc1)c1nnc(-c2ccccc2)o1. The van der Waals surface area contributed by atoms with Crippen molar-refractivity contribution in [1.82, 2.24) is 25.0 Å². The van der Waals surface area contributed by atoms with Crippen molar-refractivity contribution in [3.05, 3.63) is 72.4 Å². The summed E-state index contributed by atoms with van der Waals surface area (Å²) in [6.45, 7) is 2.05. The van der Waals surface area contributed by atoms with Gasteiger partial charge in [-0.3, -0.25) is 4.57 Å². The average Bonchev–Trinajstić information content (AvgIpc) is 3.31. The highest BCUT2D eigenvalue weighted by molar-refractivity contribution is 7.99. The highest BCUT2D eigenvalue weighted by Gasteiger charge is 2.31. The van der Waals surface area contributed by atoms with Gasteiger partial charge in [0.25, 0.3) is 0 Å². The predicted molar refractivity (Wildman–Crippen MR) is 107 cm³/mol. The maximum Gasteiger partial charge on any atom is 0.247 e. The molecule has 4 aromatic rings. The number of hydrogen-bond donors (Lipinski definition) is 0. The molecule has 2 aromatic carbocycles. The van der Waals surface area contributed by atoms with E-state index in [0.29, 0.717) is 17.7 Å². The summed E-state index contributed by atoms with van der Waals surface area (Å²) in [5.74, 6) is 2.66. The number of rotatable bonds is 6. The molecule has 28 heavy (non-hydrogen) atoms. The van der Waals surface area contributed by atoms with Crippen LogP contribution in [0.5, 0.6) is 0 Å². The Balaban J connectivity index is 1.43. The molecule has 140 valence electrons. The van der Waals surface area contributed by atoms with E-state index < -0.39 is 0 Å². The monoisotopic (exact) mass is 389 g/mol. The Bertz CT molecular complexity index is 1070. The molecule has 0 spiro atoms. The molecule has 0 N–H and O–H groups in total. The summed E-state index contributed by atoms with van der Waals surface area (Å²) in [4.78, 5) is 0. The quantitative estimate of drug-likeness (QED) is 0.430. The maximum atomic E-state index is 5.92. The lowest BCUT2D eigenvalue weighted by atomic mass is 10.2. The zero-order valence-electron chi connectivity index (χ0n) is 15.4. The molecular weight excluding hydrogens is 370 g/mol. The van der Waals surface area contributed by atoms with E-state index in [-0.39, 0.29) is 5.25 Å². The Labute approximate surface area is 167 Å². The first-order chi connectivity index (χ1) is 13.8. The fraction of sp³-hybridized carbons (Fsp3) is 0.238. The number of hydrogen-bond acceptors (Lipinski definition) is 6. The standard InChI is InChI=1S/C21H19N5OS/c1-14(19-23-24-20(27-19)16-8-4-2-5-9-16)28-21-25-22-18(15-12-13-15)26(21)17-10-6-3-7-11-17/h2-11,14-15H,12-13H2,1H3. The second-order valence-corrected chi connectivity index (χ2v) is 8.17. The van der Waals surface area contributed by atoms with Crippen LogP contribution in [0.15, 0.2) is 70.2 Å². The lowest BCUT2D eigenvalue weighted by molar-refractivity contribution is 0.509. The van der Waals surface area contributed by atoms with Crippen molar-refractivity contribution in [3.8, 4) is 17.1 Å². The first-order valence-corrected chi connectivity index (χ1v) is 10.2. The summed E-state index contributed by atoms with van der Waals surface area (Å²) in [7, 11) is 0. The van der Waals surface area contributed by atoms with Gasteiger partial charge in [-0.05, 0) is 44.0 Å². The summed E-state index contributed by atoms with van der Waals surface area (Å²) in [6.07, 6.45) is 2.35. The number of aromatic nitrogens is 5. The molecule has 0 amide bonds. The molecule has 0 aliphatic heterocycles. The van der Waals surface area contributed by atoms with Gasteiger partial charge in [-0.15, -0.1) is 20.4 Å². The van der Waals surface area contributed by atoms with Crippen LogP contribution in [-0.4, -0.2) is 25.0 Å². The van der Waals surface area contributed by atoms with E-state index in [1.165, 1.54) is 12.8 Å². The molecule has 0 saturated heterocycles. The van der Waals surface area contributed by atoms with E-state index in [1.807, 2.05) is 55.5 Å². The van der Waals surface area contributed by atoms with Crippen LogP contribution in [0, 0.1) is 0 Å². The number of nitrogens with zero attached hydrogens (tertiary/aromatic N) is 5. The predicted octanol–water partition coefficient (Wildman–Crippen LogP) is 5.05. The van der Waals surface area contributed by atoms with Crippen LogP contribution in [0.2, 0.25) is 0 Å². The molecule has 2 aromatic heterocycles. The van der Waals surface area contributed by atoms with Crippen LogP contribution < -0.4 is 0 Å². The Morgan fingerprint density at radius 3 is 2.36 bits per heavy atom. The molecule has 1 atom stereocenters. The third-order valence-corrected chi connectivity index (χ3v) is 5.74. The third kappa shape index (κ3) is 3.33. The summed E-state index contributed by atoms with van der Waals surface area (Å²) in [6, 6.07) is 20.1. The summed E-state index contributed by atoms with van der Waals surface area (Å²) in [5, 5.41) is 18.2. The van der Waals surface area contributed by atoms with Crippen LogP contribution in [0.4, 0.5) is 0 Å². The van der Waals surface area contributed by atoms with E-state index in [9.17, 15) is 0 Å². The topological polar surface area (TPSA) is 69.6 Å². The minimum atomic E-state index is -0.0383. The van der Waals surface area contributed by atoms with Crippen molar-refractivity contribution in [2.24, 2.45) is 0 Å². The Morgan fingerprint density at radius 2 is 1.64 bits per heavy atom. The minimum Gasteiger partial charge on any atom is -0.419 e. The van der Waals surface area contributed by atoms with Crippen LogP contribution >= 0.6 is 11.8 Å². The normalized spacial score (nSPS) is 14.9. The van der Waals surface area contributed by atoms with E-state index in [0.717, 1.165) is 22.2 Å². The highest BCUT2D eigenvalue weighted by Crippen LogP contribution is 2.43. The van der Waals surface area contributed by atoms with Crippen LogP contribution in [-0.2, 0) is 0 Å². The lowest BCUT2D eigenvalue weighted by Crippen LogP contribution is -2.02. The van der Waals surface area contributed by atoms with Gasteiger partial charge in [0.05, 0.1) is 5.25 Å². The van der Waals surface area contributed by atoms with Crippen LogP contribution in [0.25, 0.3) is 17.1 Å². The molecule has 6 nitrogen and oxygen atoms in total. The molecule has 1 saturated carbocycles. The first-order valence-electron chi connectivity index (χ1n) is 9.36. The Hall–Kier alpha value is -2.93. The van der Waals surface area contributed by atoms with Gasteiger partial charge in [0, 0.05) is 17.2 Å². The molecule has 0 radical (unpaired) electrons. The van der Waals surface area contributed by atoms with E-state index >= 15 is 0 Å². The van der Waals surface area contributed by atoms with Crippen LogP contribution in [0.1, 0.15) is 42.6 Å². The van der Waals surface area contributed by atoms with Gasteiger partial charge in [-0.25, -0.2) is 0 Å². The lowest BCUT2D eigenvalue weighted by Gasteiger charge is -2.11. The van der Waals surface area contributed by atoms with Gasteiger partial charge in [0.15, 0.2) is 5.16 Å². The van der Waals surface area contributed by atoms with E-state index in [2.05, 4.69) is 37.1 Å². The summed E-state index contributed by atoms with van der Waals surface area (Å²) >= 11 is 1.59. The molecular formula is C21H19N5OS.